The maximum atomic E-state index is 12.7. The number of oxazole rings is 1. The van der Waals surface area contributed by atoms with Gasteiger partial charge < -0.3 is 14.1 Å². The Morgan fingerprint density at radius 3 is 2.65 bits per heavy atom. The molecule has 2 aromatic carbocycles. The molecule has 0 N–H and O–H groups in total. The molecule has 3 aromatic rings. The predicted octanol–water partition coefficient (Wildman–Crippen LogP) is 4.42. The minimum atomic E-state index is -4.95. The summed E-state index contributed by atoms with van der Waals surface area (Å²) in [6.45, 7) is 1.34. The van der Waals surface area contributed by atoms with Gasteiger partial charge in [-0.1, -0.05) is 6.07 Å². The third kappa shape index (κ3) is 3.35. The zero-order chi connectivity index (χ0) is 18.9. The molecule has 8 heteroatoms. The Kier molecular flexibility index (Phi) is 4.58. The number of alkyl halides is 3. The zero-order valence-corrected chi connectivity index (χ0v) is 14.0. The van der Waals surface area contributed by atoms with Gasteiger partial charge in [-0.25, -0.2) is 4.98 Å². The molecule has 0 radical (unpaired) electrons. The van der Waals surface area contributed by atoms with Gasteiger partial charge in [-0.15, -0.1) is 0 Å². The Balaban J connectivity index is 2.00. The van der Waals surface area contributed by atoms with Gasteiger partial charge in [0.1, 0.15) is 11.3 Å². The summed E-state index contributed by atoms with van der Waals surface area (Å²) in [5.41, 5.74) is 1.52. The predicted molar refractivity (Wildman–Crippen MR) is 90.1 cm³/mol. The van der Waals surface area contributed by atoms with Gasteiger partial charge in [-0.05, 0) is 37.3 Å². The molecule has 1 aromatic heterocycles. The third-order valence-corrected chi connectivity index (χ3v) is 3.80. The van der Waals surface area contributed by atoms with E-state index in [2.05, 4.69) is 4.98 Å². The monoisotopic (exact) mass is 364 g/mol. The van der Waals surface area contributed by atoms with E-state index in [4.69, 9.17) is 9.15 Å². The Morgan fingerprint density at radius 1 is 1.23 bits per heavy atom. The maximum Gasteiger partial charge on any atom is 0.471 e. The quantitative estimate of drug-likeness (QED) is 0.688. The van der Waals surface area contributed by atoms with E-state index in [1.165, 1.54) is 32.2 Å². The number of anilines is 1. The smallest absolute Gasteiger partial charge is 0.471 e. The van der Waals surface area contributed by atoms with Crippen molar-refractivity contribution < 1.29 is 27.1 Å². The van der Waals surface area contributed by atoms with Gasteiger partial charge in [0, 0.05) is 23.9 Å². The molecular formula is C18H15F3N2O3. The molecular weight excluding hydrogens is 349 g/mol. The summed E-state index contributed by atoms with van der Waals surface area (Å²) in [7, 11) is 1.54. The van der Waals surface area contributed by atoms with Crippen LogP contribution in [-0.4, -0.2) is 30.7 Å². The van der Waals surface area contributed by atoms with Gasteiger partial charge in [0.15, 0.2) is 5.58 Å². The number of hydrogen-bond donors (Lipinski definition) is 0. The van der Waals surface area contributed by atoms with Crippen LogP contribution >= 0.6 is 0 Å². The number of carbonyl (C=O) groups is 1. The van der Waals surface area contributed by atoms with E-state index in [0.717, 1.165) is 0 Å². The Morgan fingerprint density at radius 2 is 2.00 bits per heavy atom. The molecule has 3 rings (SSSR count). The van der Waals surface area contributed by atoms with Crippen molar-refractivity contribution in [2.24, 2.45) is 0 Å². The molecule has 0 fully saturated rings. The SMILES string of the molecule is CCN(C(=O)C(F)(F)F)c1ccc2nc(-c3cccc(OC)c3)oc2c1. The van der Waals surface area contributed by atoms with Crippen molar-refractivity contribution in [1.29, 1.82) is 0 Å². The van der Waals surface area contributed by atoms with E-state index in [0.29, 0.717) is 27.6 Å². The fourth-order valence-electron chi connectivity index (χ4n) is 2.56. The second kappa shape index (κ2) is 6.70. The summed E-state index contributed by atoms with van der Waals surface area (Å²) in [4.78, 5) is 16.5. The Bertz CT molecular complexity index is 950. The Labute approximate surface area is 147 Å². The number of benzene rings is 2. The molecule has 1 heterocycles. The van der Waals surface area contributed by atoms with Crippen molar-refractivity contribution in [3.05, 3.63) is 42.5 Å². The first kappa shape index (κ1) is 17.8. The lowest BCUT2D eigenvalue weighted by atomic mass is 10.2. The fraction of sp³-hybridized carbons (Fsp3) is 0.222. The van der Waals surface area contributed by atoms with Crippen molar-refractivity contribution in [3.63, 3.8) is 0 Å². The number of nitrogens with zero attached hydrogens (tertiary/aromatic N) is 2. The Hall–Kier alpha value is -3.03. The number of halogens is 3. The van der Waals surface area contributed by atoms with E-state index >= 15 is 0 Å². The average Bonchev–Trinajstić information content (AvgIpc) is 3.05. The number of amides is 1. The largest absolute Gasteiger partial charge is 0.497 e. The normalized spacial score (nSPS) is 11.6. The first-order valence-corrected chi connectivity index (χ1v) is 7.77. The average molecular weight is 364 g/mol. The van der Waals surface area contributed by atoms with Crippen LogP contribution in [0.15, 0.2) is 46.9 Å². The highest BCUT2D eigenvalue weighted by molar-refractivity contribution is 5.98. The topological polar surface area (TPSA) is 55.6 Å². The van der Waals surface area contributed by atoms with Crippen LogP contribution in [0.5, 0.6) is 5.75 Å². The number of ether oxygens (including phenoxy) is 1. The molecule has 5 nitrogen and oxygen atoms in total. The van der Waals surface area contributed by atoms with Gasteiger partial charge in [-0.2, -0.15) is 13.2 Å². The minimum absolute atomic E-state index is 0.0932. The van der Waals surface area contributed by atoms with Crippen molar-refractivity contribution in [2.75, 3.05) is 18.6 Å². The summed E-state index contributed by atoms with van der Waals surface area (Å²) >= 11 is 0. The summed E-state index contributed by atoms with van der Waals surface area (Å²) in [6, 6.07) is 11.4. The number of fused-ring (bicyclic) bond motifs is 1. The van der Waals surface area contributed by atoms with Gasteiger partial charge in [0.25, 0.3) is 0 Å². The molecule has 1 amide bonds. The standard InChI is InChI=1S/C18H15F3N2O3/c1-3-23(17(24)18(19,20)21)12-7-8-14-15(10-12)26-16(22-14)11-5-4-6-13(9-11)25-2/h4-10H,3H2,1-2H3. The molecule has 0 aliphatic rings. The molecule has 0 saturated heterocycles. The van der Waals surface area contributed by atoms with E-state index in [9.17, 15) is 18.0 Å². The molecule has 26 heavy (non-hydrogen) atoms. The second-order valence-corrected chi connectivity index (χ2v) is 5.45. The molecule has 0 unspecified atom stereocenters. The fourth-order valence-corrected chi connectivity index (χ4v) is 2.56. The van der Waals surface area contributed by atoms with E-state index in [1.54, 1.807) is 24.3 Å². The molecule has 0 atom stereocenters. The van der Waals surface area contributed by atoms with E-state index in [-0.39, 0.29) is 17.8 Å². The lowest BCUT2D eigenvalue weighted by molar-refractivity contribution is -0.170. The zero-order valence-electron chi connectivity index (χ0n) is 14.0. The van der Waals surface area contributed by atoms with Gasteiger partial charge in [0.2, 0.25) is 5.89 Å². The van der Waals surface area contributed by atoms with Crippen molar-refractivity contribution in [1.82, 2.24) is 4.98 Å². The van der Waals surface area contributed by atoms with Crippen molar-refractivity contribution in [2.45, 2.75) is 13.1 Å². The number of rotatable bonds is 4. The van der Waals surface area contributed by atoms with Crippen LogP contribution in [-0.2, 0) is 4.79 Å². The van der Waals surface area contributed by atoms with Crippen LogP contribution in [0.3, 0.4) is 0 Å². The molecule has 0 spiro atoms. The highest BCUT2D eigenvalue weighted by atomic mass is 19.4. The number of carbonyl (C=O) groups excluding carboxylic acids is 1. The van der Waals surface area contributed by atoms with E-state index in [1.807, 2.05) is 0 Å². The lowest BCUT2D eigenvalue weighted by Gasteiger charge is -2.21. The molecule has 136 valence electrons. The maximum absolute atomic E-state index is 12.7. The van der Waals surface area contributed by atoms with Crippen molar-refractivity contribution >= 4 is 22.7 Å². The van der Waals surface area contributed by atoms with Crippen LogP contribution in [0, 0.1) is 0 Å². The summed E-state index contributed by atoms with van der Waals surface area (Å²) in [5, 5.41) is 0. The lowest BCUT2D eigenvalue weighted by Crippen LogP contribution is -2.41. The third-order valence-electron chi connectivity index (χ3n) is 3.80. The number of methoxy groups -OCH3 is 1. The summed E-state index contributed by atoms with van der Waals surface area (Å²) < 4.78 is 49.1. The van der Waals surface area contributed by atoms with Crippen molar-refractivity contribution in [3.8, 4) is 17.2 Å². The molecule has 0 aliphatic carbocycles. The molecule has 0 saturated carbocycles. The summed E-state index contributed by atoms with van der Waals surface area (Å²) in [6.07, 6.45) is -4.95. The van der Waals surface area contributed by atoms with Gasteiger partial charge >= 0.3 is 12.1 Å². The van der Waals surface area contributed by atoms with Crippen LogP contribution in [0.1, 0.15) is 6.92 Å². The minimum Gasteiger partial charge on any atom is -0.497 e. The highest BCUT2D eigenvalue weighted by Crippen LogP contribution is 2.30. The number of aromatic nitrogens is 1. The first-order chi connectivity index (χ1) is 12.3. The number of hydrogen-bond acceptors (Lipinski definition) is 4. The highest BCUT2D eigenvalue weighted by Gasteiger charge is 2.42. The second-order valence-electron chi connectivity index (χ2n) is 5.45. The van der Waals surface area contributed by atoms with Gasteiger partial charge in [0.05, 0.1) is 7.11 Å². The van der Waals surface area contributed by atoms with E-state index < -0.39 is 12.1 Å². The summed E-state index contributed by atoms with van der Waals surface area (Å²) in [5.74, 6) is -0.994. The van der Waals surface area contributed by atoms with Crippen LogP contribution in [0.25, 0.3) is 22.6 Å². The first-order valence-electron chi connectivity index (χ1n) is 7.77. The van der Waals surface area contributed by atoms with Gasteiger partial charge in [-0.3, -0.25) is 4.79 Å². The molecule has 0 bridgehead atoms. The van der Waals surface area contributed by atoms with Crippen LogP contribution < -0.4 is 9.64 Å². The molecule has 0 aliphatic heterocycles. The van der Waals surface area contributed by atoms with Crippen LogP contribution in [0.2, 0.25) is 0 Å². The van der Waals surface area contributed by atoms with Crippen LogP contribution in [0.4, 0.5) is 18.9 Å².